The molecule has 0 saturated heterocycles. The summed E-state index contributed by atoms with van der Waals surface area (Å²) in [6.45, 7) is 6.37. The molecule has 0 aliphatic rings. The summed E-state index contributed by atoms with van der Waals surface area (Å²) >= 11 is 1.13. The van der Waals surface area contributed by atoms with E-state index in [0.29, 0.717) is 23.7 Å². The lowest BCUT2D eigenvalue weighted by Crippen LogP contribution is -2.52. The second-order valence-electron chi connectivity index (χ2n) is 6.94. The number of halogens is 1. The van der Waals surface area contributed by atoms with Gasteiger partial charge in [0, 0.05) is 23.3 Å². The van der Waals surface area contributed by atoms with E-state index < -0.39 is 15.6 Å². The smallest absolute Gasteiger partial charge is 0.271 e. The van der Waals surface area contributed by atoms with Gasteiger partial charge in [-0.2, -0.15) is 0 Å². The SMILES string of the molecule is CC(C)CC(C)(CN)NC(=O)c1cccc(NS(=O)(=O)c2cccs2)c1.Cl. The zero-order chi connectivity index (χ0) is 19.4. The van der Waals surface area contributed by atoms with Crippen molar-refractivity contribution in [2.24, 2.45) is 11.7 Å². The van der Waals surface area contributed by atoms with Gasteiger partial charge in [-0.1, -0.05) is 26.0 Å². The first kappa shape index (κ1) is 23.4. The summed E-state index contributed by atoms with van der Waals surface area (Å²) < 4.78 is 27.4. The molecule has 150 valence electrons. The van der Waals surface area contributed by atoms with Gasteiger partial charge in [0.2, 0.25) is 0 Å². The van der Waals surface area contributed by atoms with E-state index in [-0.39, 0.29) is 22.5 Å². The summed E-state index contributed by atoms with van der Waals surface area (Å²) in [5.74, 6) is 0.101. The number of amides is 1. The quantitative estimate of drug-likeness (QED) is 0.595. The number of carbonyl (C=O) groups excluding carboxylic acids is 1. The number of sulfonamides is 1. The zero-order valence-electron chi connectivity index (χ0n) is 15.6. The van der Waals surface area contributed by atoms with E-state index in [1.165, 1.54) is 12.1 Å². The molecule has 2 rings (SSSR count). The Morgan fingerprint density at radius 3 is 2.52 bits per heavy atom. The lowest BCUT2D eigenvalue weighted by atomic mass is 9.90. The lowest BCUT2D eigenvalue weighted by molar-refractivity contribution is 0.0898. The van der Waals surface area contributed by atoms with Crippen LogP contribution in [0.15, 0.2) is 46.0 Å². The molecular weight excluding hydrogens is 406 g/mol. The Morgan fingerprint density at radius 2 is 1.96 bits per heavy atom. The minimum Gasteiger partial charge on any atom is -0.346 e. The fourth-order valence-electron chi connectivity index (χ4n) is 2.78. The Balaban J connectivity index is 0.00000364. The van der Waals surface area contributed by atoms with Crippen molar-refractivity contribution in [3.05, 3.63) is 47.3 Å². The van der Waals surface area contributed by atoms with Crippen molar-refractivity contribution in [1.82, 2.24) is 5.32 Å². The Kier molecular flexibility index (Phi) is 8.28. The van der Waals surface area contributed by atoms with E-state index in [1.54, 1.807) is 29.6 Å². The van der Waals surface area contributed by atoms with Crippen LogP contribution in [-0.4, -0.2) is 26.4 Å². The van der Waals surface area contributed by atoms with E-state index in [0.717, 1.165) is 17.8 Å². The summed E-state index contributed by atoms with van der Waals surface area (Å²) in [5.41, 5.74) is 6.04. The van der Waals surface area contributed by atoms with Gasteiger partial charge in [-0.05, 0) is 48.9 Å². The highest BCUT2D eigenvalue weighted by molar-refractivity contribution is 7.94. The van der Waals surface area contributed by atoms with Crippen molar-refractivity contribution >= 4 is 45.4 Å². The number of thiophene rings is 1. The van der Waals surface area contributed by atoms with Gasteiger partial charge in [0.15, 0.2) is 0 Å². The second kappa shape index (κ2) is 9.54. The lowest BCUT2D eigenvalue weighted by Gasteiger charge is -2.31. The summed E-state index contributed by atoms with van der Waals surface area (Å²) in [6, 6.07) is 9.62. The minimum atomic E-state index is -3.65. The fraction of sp³-hybridized carbons (Fsp3) is 0.389. The van der Waals surface area contributed by atoms with E-state index in [2.05, 4.69) is 23.9 Å². The van der Waals surface area contributed by atoms with E-state index in [4.69, 9.17) is 5.73 Å². The van der Waals surface area contributed by atoms with Gasteiger partial charge in [0.05, 0.1) is 0 Å². The molecule has 1 atom stereocenters. The van der Waals surface area contributed by atoms with Crippen molar-refractivity contribution < 1.29 is 13.2 Å². The molecular formula is C18H26ClN3O3S2. The molecule has 0 fully saturated rings. The molecule has 6 nitrogen and oxygen atoms in total. The topological polar surface area (TPSA) is 101 Å². The number of nitrogens with one attached hydrogen (secondary N) is 2. The highest BCUT2D eigenvalue weighted by Crippen LogP contribution is 2.21. The maximum absolute atomic E-state index is 12.6. The first-order chi connectivity index (χ1) is 12.1. The van der Waals surface area contributed by atoms with Crippen LogP contribution in [0, 0.1) is 5.92 Å². The Hall–Kier alpha value is -1.61. The third-order valence-corrected chi connectivity index (χ3v) is 6.64. The molecule has 0 bridgehead atoms. The first-order valence-electron chi connectivity index (χ1n) is 8.34. The monoisotopic (exact) mass is 431 g/mol. The number of anilines is 1. The molecule has 1 aromatic carbocycles. The van der Waals surface area contributed by atoms with Crippen molar-refractivity contribution in [2.75, 3.05) is 11.3 Å². The highest BCUT2D eigenvalue weighted by Gasteiger charge is 2.26. The van der Waals surface area contributed by atoms with Crippen LogP contribution in [0.3, 0.4) is 0 Å². The van der Waals surface area contributed by atoms with E-state index in [9.17, 15) is 13.2 Å². The summed E-state index contributed by atoms with van der Waals surface area (Å²) in [6.07, 6.45) is 0.750. The first-order valence-corrected chi connectivity index (χ1v) is 10.7. The normalized spacial score (nSPS) is 13.5. The number of rotatable bonds is 8. The molecule has 9 heteroatoms. The number of benzene rings is 1. The Bertz CT molecular complexity index is 854. The predicted octanol–water partition coefficient (Wildman–Crippen LogP) is 3.46. The standard InChI is InChI=1S/C18H25N3O3S2.ClH/c1-13(2)11-18(3,12-19)20-17(22)14-6-4-7-15(10-14)21-26(23,24)16-8-5-9-25-16;/h4-10,13,21H,11-12,19H2,1-3H3,(H,20,22);1H. The van der Waals surface area contributed by atoms with Gasteiger partial charge in [-0.15, -0.1) is 23.7 Å². The minimum absolute atomic E-state index is 0. The summed E-state index contributed by atoms with van der Waals surface area (Å²) in [5, 5.41) is 4.66. The van der Waals surface area contributed by atoms with Crippen LogP contribution in [0.5, 0.6) is 0 Å². The van der Waals surface area contributed by atoms with Crippen LogP contribution in [0.4, 0.5) is 5.69 Å². The van der Waals surface area contributed by atoms with Crippen molar-refractivity contribution in [3.63, 3.8) is 0 Å². The van der Waals surface area contributed by atoms with Crippen LogP contribution in [-0.2, 0) is 10.0 Å². The van der Waals surface area contributed by atoms with Gasteiger partial charge in [0.25, 0.3) is 15.9 Å². The Labute approximate surface area is 171 Å². The van der Waals surface area contributed by atoms with Gasteiger partial charge in [0.1, 0.15) is 4.21 Å². The largest absolute Gasteiger partial charge is 0.346 e. The van der Waals surface area contributed by atoms with Crippen molar-refractivity contribution in [3.8, 4) is 0 Å². The molecule has 1 aromatic heterocycles. The molecule has 0 saturated carbocycles. The number of hydrogen-bond acceptors (Lipinski definition) is 5. The molecule has 27 heavy (non-hydrogen) atoms. The van der Waals surface area contributed by atoms with Gasteiger partial charge in [-0.25, -0.2) is 8.42 Å². The second-order valence-corrected chi connectivity index (χ2v) is 9.79. The zero-order valence-corrected chi connectivity index (χ0v) is 18.0. The maximum atomic E-state index is 12.6. The molecule has 0 aliphatic heterocycles. The van der Waals surface area contributed by atoms with E-state index in [1.807, 2.05) is 6.92 Å². The molecule has 2 aromatic rings. The number of carbonyl (C=O) groups is 1. The molecule has 1 amide bonds. The third-order valence-electron chi connectivity index (χ3n) is 3.86. The molecule has 1 unspecified atom stereocenters. The third kappa shape index (κ3) is 6.49. The van der Waals surface area contributed by atoms with E-state index >= 15 is 0 Å². The summed E-state index contributed by atoms with van der Waals surface area (Å²) in [7, 11) is -3.65. The molecule has 1 heterocycles. The van der Waals surface area contributed by atoms with Gasteiger partial charge in [-0.3, -0.25) is 9.52 Å². The molecule has 0 aliphatic carbocycles. The molecule has 0 radical (unpaired) electrons. The maximum Gasteiger partial charge on any atom is 0.271 e. The summed E-state index contributed by atoms with van der Waals surface area (Å²) in [4.78, 5) is 12.6. The van der Waals surface area contributed by atoms with Crippen LogP contribution < -0.4 is 15.8 Å². The van der Waals surface area contributed by atoms with Crippen molar-refractivity contribution in [2.45, 2.75) is 36.9 Å². The van der Waals surface area contributed by atoms with Crippen LogP contribution in [0.25, 0.3) is 0 Å². The average molecular weight is 432 g/mol. The molecule has 4 N–H and O–H groups in total. The van der Waals surface area contributed by atoms with Crippen LogP contribution in [0.1, 0.15) is 37.6 Å². The van der Waals surface area contributed by atoms with Crippen molar-refractivity contribution in [1.29, 1.82) is 0 Å². The number of nitrogens with two attached hydrogens (primary N) is 1. The number of hydrogen-bond donors (Lipinski definition) is 3. The van der Waals surface area contributed by atoms with Gasteiger partial charge >= 0.3 is 0 Å². The average Bonchev–Trinajstić information content (AvgIpc) is 3.09. The molecule has 0 spiro atoms. The predicted molar refractivity (Wildman–Crippen MR) is 113 cm³/mol. The Morgan fingerprint density at radius 1 is 1.26 bits per heavy atom. The fourth-order valence-corrected chi connectivity index (χ4v) is 4.82. The van der Waals surface area contributed by atoms with Crippen LogP contribution >= 0.6 is 23.7 Å². The van der Waals surface area contributed by atoms with Crippen LogP contribution in [0.2, 0.25) is 0 Å². The highest BCUT2D eigenvalue weighted by atomic mass is 35.5. The van der Waals surface area contributed by atoms with Gasteiger partial charge < -0.3 is 11.1 Å².